The number of aliphatic hydroxyl groups is 1. The van der Waals surface area contributed by atoms with Crippen LogP contribution < -0.4 is 21.1 Å². The van der Waals surface area contributed by atoms with E-state index in [1.54, 1.807) is 18.2 Å². The Labute approximate surface area is 189 Å². The van der Waals surface area contributed by atoms with Crippen LogP contribution in [-0.4, -0.2) is 63.5 Å². The standard InChI is InChI=1S/C23H25FN6O3/c24-14-7-15(10-26-9-14)29-22-20-19(27-12-28-22)17(21(25)31)8-18(30-20)13-1-3-16(4-2-13)33-11-23(32)5-6-23/h1-4,8,12,14-15,26,32H,5-7,9-11H2,(H2,25,31)(H,27,28,29)/t14-,15-/m0/s1. The minimum atomic E-state index is -0.949. The van der Waals surface area contributed by atoms with Gasteiger partial charge in [-0.05, 0) is 43.2 Å². The molecule has 2 aromatic heterocycles. The molecule has 5 rings (SSSR count). The molecule has 1 saturated carbocycles. The number of hydrogen-bond acceptors (Lipinski definition) is 8. The van der Waals surface area contributed by atoms with Gasteiger partial charge in [-0.3, -0.25) is 4.79 Å². The second kappa shape index (κ2) is 8.53. The van der Waals surface area contributed by atoms with Crippen LogP contribution in [0.4, 0.5) is 10.2 Å². The SMILES string of the molecule is NC(=O)c1cc(-c2ccc(OCC3(O)CC3)cc2)nc2c(N[C@@H]3CNC[C@@H](F)C3)ncnc12. The molecule has 1 aromatic carbocycles. The molecule has 1 aliphatic carbocycles. The largest absolute Gasteiger partial charge is 0.491 e. The monoisotopic (exact) mass is 452 g/mol. The molecule has 0 radical (unpaired) electrons. The molecule has 33 heavy (non-hydrogen) atoms. The third-order valence-corrected chi connectivity index (χ3v) is 5.98. The van der Waals surface area contributed by atoms with Crippen LogP contribution in [0.3, 0.4) is 0 Å². The maximum atomic E-state index is 13.8. The number of nitrogens with one attached hydrogen (secondary N) is 2. The number of ether oxygens (including phenoxy) is 1. The molecule has 2 aliphatic rings. The number of alkyl halides is 1. The zero-order chi connectivity index (χ0) is 23.0. The normalized spacial score (nSPS) is 21.5. The number of anilines is 1. The smallest absolute Gasteiger partial charge is 0.251 e. The van der Waals surface area contributed by atoms with Crippen LogP contribution in [-0.2, 0) is 0 Å². The molecular weight excluding hydrogens is 427 g/mol. The molecule has 1 saturated heterocycles. The predicted octanol–water partition coefficient (Wildman–Crippen LogP) is 1.81. The first kappa shape index (κ1) is 21.5. The van der Waals surface area contributed by atoms with E-state index in [2.05, 4.69) is 20.6 Å². The van der Waals surface area contributed by atoms with Crippen LogP contribution in [0.15, 0.2) is 36.7 Å². The summed E-state index contributed by atoms with van der Waals surface area (Å²) in [6.07, 6.45) is 2.24. The van der Waals surface area contributed by atoms with Gasteiger partial charge in [0, 0.05) is 31.1 Å². The molecule has 172 valence electrons. The van der Waals surface area contributed by atoms with Crippen molar-refractivity contribution >= 4 is 22.8 Å². The average Bonchev–Trinajstić information content (AvgIpc) is 3.55. The first-order valence-electron chi connectivity index (χ1n) is 10.9. The van der Waals surface area contributed by atoms with Gasteiger partial charge in [0.05, 0.1) is 16.9 Å². The number of rotatable bonds is 7. The number of carbonyl (C=O) groups is 1. The number of primary amides is 1. The average molecular weight is 452 g/mol. The fourth-order valence-electron chi connectivity index (χ4n) is 3.90. The Bertz CT molecular complexity index is 1180. The highest BCUT2D eigenvalue weighted by atomic mass is 19.1. The summed E-state index contributed by atoms with van der Waals surface area (Å²) in [4.78, 5) is 25.4. The molecule has 10 heteroatoms. The summed E-state index contributed by atoms with van der Waals surface area (Å²) in [5, 5.41) is 16.2. The van der Waals surface area contributed by atoms with Gasteiger partial charge in [-0.1, -0.05) is 0 Å². The van der Waals surface area contributed by atoms with Gasteiger partial charge >= 0.3 is 0 Å². The van der Waals surface area contributed by atoms with Crippen LogP contribution in [0.2, 0.25) is 0 Å². The maximum Gasteiger partial charge on any atom is 0.251 e. The molecule has 0 bridgehead atoms. The van der Waals surface area contributed by atoms with Gasteiger partial charge in [0.15, 0.2) is 5.82 Å². The molecule has 2 atom stereocenters. The van der Waals surface area contributed by atoms with E-state index in [1.807, 2.05) is 12.1 Å². The topological polar surface area (TPSA) is 135 Å². The molecule has 5 N–H and O–H groups in total. The van der Waals surface area contributed by atoms with E-state index in [0.717, 1.165) is 18.4 Å². The first-order valence-corrected chi connectivity index (χ1v) is 10.9. The lowest BCUT2D eigenvalue weighted by atomic mass is 10.1. The summed E-state index contributed by atoms with van der Waals surface area (Å²) in [5.41, 5.74) is 7.15. The number of halogens is 1. The van der Waals surface area contributed by atoms with E-state index in [-0.39, 0.29) is 18.2 Å². The highest BCUT2D eigenvalue weighted by Crippen LogP contribution is 2.35. The molecule has 0 unspecified atom stereocenters. The number of pyridine rings is 1. The fourth-order valence-corrected chi connectivity index (χ4v) is 3.90. The van der Waals surface area contributed by atoms with E-state index >= 15 is 0 Å². The van der Waals surface area contributed by atoms with Gasteiger partial charge in [0.1, 0.15) is 35.9 Å². The van der Waals surface area contributed by atoms with Gasteiger partial charge in [-0.2, -0.15) is 0 Å². The summed E-state index contributed by atoms with van der Waals surface area (Å²) >= 11 is 0. The number of piperidine rings is 1. The predicted molar refractivity (Wildman–Crippen MR) is 121 cm³/mol. The van der Waals surface area contributed by atoms with Crippen molar-refractivity contribution in [3.63, 3.8) is 0 Å². The summed E-state index contributed by atoms with van der Waals surface area (Å²) in [6.45, 7) is 1.18. The van der Waals surface area contributed by atoms with E-state index in [1.165, 1.54) is 6.33 Å². The summed E-state index contributed by atoms with van der Waals surface area (Å²) in [6, 6.07) is 8.64. The molecule has 3 heterocycles. The summed E-state index contributed by atoms with van der Waals surface area (Å²) < 4.78 is 19.5. The Morgan fingerprint density at radius 3 is 2.73 bits per heavy atom. The second-order valence-electron chi connectivity index (χ2n) is 8.71. The number of fused-ring (bicyclic) bond motifs is 1. The van der Waals surface area contributed by atoms with E-state index in [4.69, 9.17) is 15.5 Å². The van der Waals surface area contributed by atoms with Crippen LogP contribution in [0.1, 0.15) is 29.6 Å². The van der Waals surface area contributed by atoms with Crippen molar-refractivity contribution in [2.24, 2.45) is 5.73 Å². The summed E-state index contributed by atoms with van der Waals surface area (Å²) in [5.74, 6) is 0.420. The highest BCUT2D eigenvalue weighted by molar-refractivity contribution is 6.06. The van der Waals surface area contributed by atoms with Gasteiger partial charge in [-0.15, -0.1) is 0 Å². The molecule has 1 aliphatic heterocycles. The summed E-state index contributed by atoms with van der Waals surface area (Å²) in [7, 11) is 0. The van der Waals surface area contributed by atoms with Crippen LogP contribution >= 0.6 is 0 Å². The number of nitrogens with two attached hydrogens (primary N) is 1. The number of hydrogen-bond donors (Lipinski definition) is 4. The Balaban J connectivity index is 1.47. The lowest BCUT2D eigenvalue weighted by Crippen LogP contribution is -2.44. The van der Waals surface area contributed by atoms with Crippen molar-refractivity contribution in [3.8, 4) is 17.0 Å². The lowest BCUT2D eigenvalue weighted by Gasteiger charge is -2.27. The van der Waals surface area contributed by atoms with Gasteiger partial charge in [0.25, 0.3) is 5.91 Å². The number of nitrogens with zero attached hydrogens (tertiary/aromatic N) is 3. The van der Waals surface area contributed by atoms with Crippen LogP contribution in [0.5, 0.6) is 5.75 Å². The van der Waals surface area contributed by atoms with Gasteiger partial charge in [-0.25, -0.2) is 19.3 Å². The third-order valence-electron chi connectivity index (χ3n) is 5.98. The zero-order valence-electron chi connectivity index (χ0n) is 17.9. The van der Waals surface area contributed by atoms with E-state index in [9.17, 15) is 14.3 Å². The minimum Gasteiger partial charge on any atom is -0.491 e. The molecule has 9 nitrogen and oxygen atoms in total. The fraction of sp³-hybridized carbons (Fsp3) is 0.391. The third kappa shape index (κ3) is 4.71. The van der Waals surface area contributed by atoms with Crippen molar-refractivity contribution in [2.75, 3.05) is 25.0 Å². The van der Waals surface area contributed by atoms with Crippen molar-refractivity contribution in [3.05, 3.63) is 42.2 Å². The van der Waals surface area contributed by atoms with Gasteiger partial charge in [0.2, 0.25) is 0 Å². The molecular formula is C23H25FN6O3. The Morgan fingerprint density at radius 1 is 1.24 bits per heavy atom. The number of aromatic nitrogens is 3. The molecule has 3 aromatic rings. The van der Waals surface area contributed by atoms with Crippen LogP contribution in [0.25, 0.3) is 22.3 Å². The Kier molecular flexibility index (Phi) is 5.55. The quantitative estimate of drug-likeness (QED) is 0.426. The maximum absolute atomic E-state index is 13.8. The van der Waals surface area contributed by atoms with Crippen LogP contribution in [0, 0.1) is 0 Å². The minimum absolute atomic E-state index is 0.174. The molecule has 1 amide bonds. The number of amides is 1. The van der Waals surface area contributed by atoms with Gasteiger partial charge < -0.3 is 26.2 Å². The molecule has 0 spiro atoms. The number of carbonyl (C=O) groups excluding carboxylic acids is 1. The highest BCUT2D eigenvalue weighted by Gasteiger charge is 2.41. The van der Waals surface area contributed by atoms with E-state index < -0.39 is 17.7 Å². The Morgan fingerprint density at radius 2 is 2.03 bits per heavy atom. The molecule has 2 fully saturated rings. The van der Waals surface area contributed by atoms with E-state index in [0.29, 0.717) is 47.8 Å². The Hall–Kier alpha value is -3.37. The number of benzene rings is 1. The van der Waals surface area contributed by atoms with Crippen molar-refractivity contribution < 1.29 is 19.0 Å². The first-order chi connectivity index (χ1) is 15.9. The van der Waals surface area contributed by atoms with Crippen molar-refractivity contribution in [2.45, 2.75) is 37.1 Å². The second-order valence-corrected chi connectivity index (χ2v) is 8.71. The van der Waals surface area contributed by atoms with Crippen molar-refractivity contribution in [1.82, 2.24) is 20.3 Å². The van der Waals surface area contributed by atoms with Crippen molar-refractivity contribution in [1.29, 1.82) is 0 Å². The zero-order valence-corrected chi connectivity index (χ0v) is 17.9. The lowest BCUT2D eigenvalue weighted by molar-refractivity contribution is 0.0856.